The van der Waals surface area contributed by atoms with Crippen LogP contribution in [-0.2, 0) is 4.79 Å². The predicted molar refractivity (Wildman–Crippen MR) is 94.3 cm³/mol. The molecule has 1 aliphatic rings. The number of carbonyl (C=O) groups is 2. The summed E-state index contributed by atoms with van der Waals surface area (Å²) >= 11 is 5.93. The molecule has 1 unspecified atom stereocenters. The van der Waals surface area contributed by atoms with Crippen molar-refractivity contribution in [2.45, 2.75) is 38.1 Å². The zero-order chi connectivity index (χ0) is 21.4. The largest absolute Gasteiger partial charge is 0.426 e. The summed E-state index contributed by atoms with van der Waals surface area (Å²) in [5, 5.41) is 9.55. The highest BCUT2D eigenvalue weighted by Gasteiger charge is 2.57. The van der Waals surface area contributed by atoms with Gasteiger partial charge in [0.25, 0.3) is 11.8 Å². The number of halogens is 5. The van der Waals surface area contributed by atoms with E-state index in [-0.39, 0.29) is 42.1 Å². The highest BCUT2D eigenvalue weighted by molar-refractivity contribution is 6.33. The molecule has 1 N–H and O–H groups in total. The second-order valence-electron chi connectivity index (χ2n) is 7.19. The number of nitrogens with zero attached hydrogens (tertiary/aromatic N) is 2. The first-order chi connectivity index (χ1) is 12.8. The molecule has 0 saturated carbocycles. The number of alkyl halides is 3. The molecule has 28 heavy (non-hydrogen) atoms. The van der Waals surface area contributed by atoms with E-state index in [1.54, 1.807) is 6.92 Å². The number of carbonyl (C=O) groups excluding carboxylic acids is 2. The fraction of sp³-hybridized carbons (Fsp3) is 0.556. The number of piperidine rings is 1. The van der Waals surface area contributed by atoms with E-state index in [1.165, 1.54) is 18.0 Å². The molecule has 1 aliphatic heterocycles. The number of rotatable bonds is 3. The molecule has 5 nitrogen and oxygen atoms in total. The van der Waals surface area contributed by atoms with Crippen LogP contribution in [0.15, 0.2) is 18.2 Å². The Labute approximate surface area is 164 Å². The average Bonchev–Trinajstić information content (AvgIpc) is 2.58. The topological polar surface area (TPSA) is 60.9 Å². The van der Waals surface area contributed by atoms with E-state index >= 15 is 0 Å². The van der Waals surface area contributed by atoms with E-state index in [2.05, 4.69) is 0 Å². The number of hydrogen-bond acceptors (Lipinski definition) is 3. The van der Waals surface area contributed by atoms with Gasteiger partial charge in [0, 0.05) is 26.2 Å². The SMILES string of the molecule is C[C@@H]1CN(C(=O)C(C)(O)C(F)(F)F)CC[C@@H]1N(C)C(=O)c1ccc(F)cc1Cl. The van der Waals surface area contributed by atoms with E-state index in [4.69, 9.17) is 11.6 Å². The molecular weight excluding hydrogens is 404 g/mol. The number of amides is 2. The molecule has 0 radical (unpaired) electrons. The minimum absolute atomic E-state index is 0.0432. The van der Waals surface area contributed by atoms with Crippen LogP contribution >= 0.6 is 11.6 Å². The van der Waals surface area contributed by atoms with Gasteiger partial charge in [-0.3, -0.25) is 9.59 Å². The van der Waals surface area contributed by atoms with Crippen LogP contribution in [0.5, 0.6) is 0 Å². The molecule has 2 rings (SSSR count). The molecule has 2 amide bonds. The fourth-order valence-electron chi connectivity index (χ4n) is 3.33. The molecule has 3 atom stereocenters. The lowest BCUT2D eigenvalue weighted by Crippen LogP contribution is -2.60. The van der Waals surface area contributed by atoms with Crippen molar-refractivity contribution in [2.75, 3.05) is 20.1 Å². The number of likely N-dealkylation sites (tertiary alicyclic amines) is 1. The van der Waals surface area contributed by atoms with Crippen molar-refractivity contribution >= 4 is 23.4 Å². The molecular formula is C18H21ClF4N2O3. The number of hydrogen-bond donors (Lipinski definition) is 1. The molecule has 10 heteroatoms. The lowest BCUT2D eigenvalue weighted by Gasteiger charge is -2.43. The summed E-state index contributed by atoms with van der Waals surface area (Å²) in [4.78, 5) is 27.2. The zero-order valence-corrected chi connectivity index (χ0v) is 16.3. The molecule has 1 saturated heterocycles. The van der Waals surface area contributed by atoms with Crippen LogP contribution in [-0.4, -0.2) is 64.7 Å². The third-order valence-corrected chi connectivity index (χ3v) is 5.41. The fourth-order valence-corrected chi connectivity index (χ4v) is 3.57. The summed E-state index contributed by atoms with van der Waals surface area (Å²) < 4.78 is 51.9. The van der Waals surface area contributed by atoms with Gasteiger partial charge in [-0.2, -0.15) is 13.2 Å². The molecule has 1 fully saturated rings. The van der Waals surface area contributed by atoms with E-state index < -0.39 is 29.4 Å². The zero-order valence-electron chi connectivity index (χ0n) is 15.6. The van der Waals surface area contributed by atoms with Crippen LogP contribution < -0.4 is 0 Å². The Morgan fingerprint density at radius 1 is 1.32 bits per heavy atom. The lowest BCUT2D eigenvalue weighted by atomic mass is 9.90. The monoisotopic (exact) mass is 424 g/mol. The molecule has 0 spiro atoms. The van der Waals surface area contributed by atoms with Gasteiger partial charge in [0.2, 0.25) is 5.60 Å². The van der Waals surface area contributed by atoms with Crippen LogP contribution in [0.25, 0.3) is 0 Å². The van der Waals surface area contributed by atoms with Gasteiger partial charge in [0.1, 0.15) is 5.82 Å². The lowest BCUT2D eigenvalue weighted by molar-refractivity contribution is -0.251. The van der Waals surface area contributed by atoms with Crippen molar-refractivity contribution in [1.29, 1.82) is 0 Å². The summed E-state index contributed by atoms with van der Waals surface area (Å²) in [7, 11) is 1.52. The van der Waals surface area contributed by atoms with Gasteiger partial charge in [-0.1, -0.05) is 18.5 Å². The maximum atomic E-state index is 13.2. The van der Waals surface area contributed by atoms with Crippen LogP contribution in [0.2, 0.25) is 5.02 Å². The predicted octanol–water partition coefficient (Wildman–Crippen LogP) is 3.10. The summed E-state index contributed by atoms with van der Waals surface area (Å²) in [5.74, 6) is -2.80. The Morgan fingerprint density at radius 2 is 1.93 bits per heavy atom. The van der Waals surface area contributed by atoms with Crippen molar-refractivity contribution in [2.24, 2.45) is 5.92 Å². The van der Waals surface area contributed by atoms with Gasteiger partial charge in [-0.15, -0.1) is 0 Å². The van der Waals surface area contributed by atoms with Gasteiger partial charge < -0.3 is 14.9 Å². The molecule has 156 valence electrons. The Hall–Kier alpha value is -1.87. The third kappa shape index (κ3) is 4.25. The second kappa shape index (κ2) is 7.87. The number of aliphatic hydroxyl groups is 1. The van der Waals surface area contributed by atoms with Crippen LogP contribution in [0.1, 0.15) is 30.6 Å². The first-order valence-corrected chi connectivity index (χ1v) is 8.96. The van der Waals surface area contributed by atoms with Crippen molar-refractivity contribution in [3.63, 3.8) is 0 Å². The molecule has 1 aromatic carbocycles. The molecule has 1 heterocycles. The van der Waals surface area contributed by atoms with E-state index in [1.807, 2.05) is 0 Å². The summed E-state index contributed by atoms with van der Waals surface area (Å²) in [6.07, 6.45) is -4.86. The minimum Gasteiger partial charge on any atom is -0.373 e. The number of benzene rings is 1. The van der Waals surface area contributed by atoms with Crippen molar-refractivity contribution in [3.05, 3.63) is 34.6 Å². The van der Waals surface area contributed by atoms with Gasteiger partial charge >= 0.3 is 6.18 Å². The van der Waals surface area contributed by atoms with Crippen LogP contribution in [0.3, 0.4) is 0 Å². The average molecular weight is 425 g/mol. The molecule has 1 aromatic rings. The van der Waals surface area contributed by atoms with E-state index in [9.17, 15) is 32.3 Å². The van der Waals surface area contributed by atoms with Gasteiger partial charge in [-0.05, 0) is 37.5 Å². The first-order valence-electron chi connectivity index (χ1n) is 8.58. The summed E-state index contributed by atoms with van der Waals surface area (Å²) in [5.41, 5.74) is -3.36. The standard InChI is InChI=1S/C18H21ClF4N2O3/c1-10-9-25(16(27)17(2,28)18(21,22)23)7-6-14(10)24(3)15(26)12-5-4-11(20)8-13(12)19/h4-5,8,10,14,28H,6-7,9H2,1-3H3/t10-,14+,17?/m1/s1. The summed E-state index contributed by atoms with van der Waals surface area (Å²) in [6.45, 7) is 2.03. The quantitative estimate of drug-likeness (QED) is 0.758. The Balaban J connectivity index is 2.11. The Kier molecular flexibility index (Phi) is 6.30. The summed E-state index contributed by atoms with van der Waals surface area (Å²) in [6, 6.07) is 3.03. The molecule has 0 bridgehead atoms. The van der Waals surface area contributed by atoms with Crippen molar-refractivity contribution in [3.8, 4) is 0 Å². The molecule has 0 aliphatic carbocycles. The maximum Gasteiger partial charge on any atom is 0.426 e. The Bertz CT molecular complexity index is 770. The third-order valence-electron chi connectivity index (χ3n) is 5.09. The van der Waals surface area contributed by atoms with Crippen LogP contribution in [0, 0.1) is 11.7 Å². The van der Waals surface area contributed by atoms with Gasteiger partial charge in [0.15, 0.2) is 0 Å². The highest BCUT2D eigenvalue weighted by Crippen LogP contribution is 2.33. The van der Waals surface area contributed by atoms with E-state index in [0.717, 1.165) is 17.0 Å². The normalized spacial score (nSPS) is 22.5. The maximum absolute atomic E-state index is 13.2. The van der Waals surface area contributed by atoms with Crippen LogP contribution in [0.4, 0.5) is 17.6 Å². The minimum atomic E-state index is -5.09. The Morgan fingerprint density at radius 3 is 2.43 bits per heavy atom. The van der Waals surface area contributed by atoms with E-state index in [0.29, 0.717) is 6.92 Å². The highest BCUT2D eigenvalue weighted by atomic mass is 35.5. The van der Waals surface area contributed by atoms with Gasteiger partial charge in [-0.25, -0.2) is 4.39 Å². The van der Waals surface area contributed by atoms with Crippen molar-refractivity contribution < 1.29 is 32.3 Å². The second-order valence-corrected chi connectivity index (χ2v) is 7.60. The first kappa shape index (κ1) is 22.4. The van der Waals surface area contributed by atoms with Crippen molar-refractivity contribution in [1.82, 2.24) is 9.80 Å². The smallest absolute Gasteiger partial charge is 0.373 e. The van der Waals surface area contributed by atoms with Gasteiger partial charge in [0.05, 0.1) is 10.6 Å². The molecule has 0 aromatic heterocycles.